The van der Waals surface area contributed by atoms with Gasteiger partial charge in [-0.1, -0.05) is 51.1 Å². The van der Waals surface area contributed by atoms with Crippen LogP contribution in [0.5, 0.6) is 5.75 Å². The summed E-state index contributed by atoms with van der Waals surface area (Å²) in [6.07, 6.45) is 0. The third-order valence-electron chi connectivity index (χ3n) is 3.75. The number of hydrogen-bond acceptors (Lipinski definition) is 2. The number of hydrogen-bond donors (Lipinski definition) is 2. The van der Waals surface area contributed by atoms with Gasteiger partial charge in [0.1, 0.15) is 12.4 Å². The van der Waals surface area contributed by atoms with Crippen LogP contribution >= 0.6 is 0 Å². The van der Waals surface area contributed by atoms with Gasteiger partial charge < -0.3 is 15.4 Å². The van der Waals surface area contributed by atoms with Gasteiger partial charge in [-0.15, -0.1) is 0 Å². The Hall–Kier alpha value is -2.49. The second-order valence-electron chi connectivity index (χ2n) is 6.82. The van der Waals surface area contributed by atoms with Gasteiger partial charge in [-0.3, -0.25) is 0 Å². The maximum Gasteiger partial charge on any atom is 0.319 e. The first-order valence-corrected chi connectivity index (χ1v) is 8.20. The van der Waals surface area contributed by atoms with Crippen LogP contribution in [-0.2, 0) is 5.41 Å². The molecule has 0 aliphatic heterocycles. The van der Waals surface area contributed by atoms with Crippen LogP contribution < -0.4 is 15.4 Å². The van der Waals surface area contributed by atoms with Crippen LogP contribution in [-0.4, -0.2) is 19.2 Å². The number of ether oxygens (including phenoxy) is 1. The first-order chi connectivity index (χ1) is 11.4. The van der Waals surface area contributed by atoms with Crippen LogP contribution in [0, 0.1) is 6.92 Å². The summed E-state index contributed by atoms with van der Waals surface area (Å²) < 4.78 is 5.65. The first-order valence-electron chi connectivity index (χ1n) is 8.20. The summed E-state index contributed by atoms with van der Waals surface area (Å²) in [5.74, 6) is 0.845. The molecule has 0 atom stereocenters. The highest BCUT2D eigenvalue weighted by atomic mass is 16.5. The molecule has 0 heterocycles. The topological polar surface area (TPSA) is 50.4 Å². The van der Waals surface area contributed by atoms with E-state index in [1.54, 1.807) is 0 Å². The van der Waals surface area contributed by atoms with Crippen LogP contribution in [0.1, 0.15) is 31.9 Å². The number of urea groups is 1. The summed E-state index contributed by atoms with van der Waals surface area (Å²) in [4.78, 5) is 11.9. The number of carbonyl (C=O) groups excluding carboxylic acids is 1. The molecule has 128 valence electrons. The van der Waals surface area contributed by atoms with Crippen LogP contribution in [0.2, 0.25) is 0 Å². The summed E-state index contributed by atoms with van der Waals surface area (Å²) in [7, 11) is 0. The minimum atomic E-state index is -0.230. The van der Waals surface area contributed by atoms with E-state index in [4.69, 9.17) is 4.74 Å². The largest absolute Gasteiger partial charge is 0.491 e. The zero-order valence-corrected chi connectivity index (χ0v) is 14.8. The van der Waals surface area contributed by atoms with Crippen molar-refractivity contribution in [3.8, 4) is 5.75 Å². The highest BCUT2D eigenvalue weighted by Crippen LogP contribution is 2.23. The lowest BCUT2D eigenvalue weighted by atomic mass is 9.87. The van der Waals surface area contributed by atoms with Crippen molar-refractivity contribution < 1.29 is 9.53 Å². The summed E-state index contributed by atoms with van der Waals surface area (Å²) in [6, 6.07) is 15.5. The molecular formula is C20H26N2O2. The molecule has 2 aromatic rings. The molecule has 0 aliphatic rings. The molecule has 0 aromatic heterocycles. The molecule has 0 fully saturated rings. The van der Waals surface area contributed by atoms with E-state index in [1.807, 2.05) is 55.5 Å². The van der Waals surface area contributed by atoms with Crippen LogP contribution in [0.25, 0.3) is 0 Å². The minimum Gasteiger partial charge on any atom is -0.491 e. The Balaban J connectivity index is 1.74. The summed E-state index contributed by atoms with van der Waals surface area (Å²) in [5, 5.41) is 5.62. The highest BCUT2D eigenvalue weighted by molar-refractivity contribution is 5.89. The van der Waals surface area contributed by atoms with Crippen molar-refractivity contribution in [1.29, 1.82) is 0 Å². The number of amides is 2. The molecule has 0 radical (unpaired) electrons. The van der Waals surface area contributed by atoms with E-state index >= 15 is 0 Å². The molecular weight excluding hydrogens is 300 g/mol. The molecule has 2 amide bonds. The Kier molecular flexibility index (Phi) is 5.85. The Morgan fingerprint density at radius 3 is 2.33 bits per heavy atom. The molecule has 0 unspecified atom stereocenters. The Bertz CT molecular complexity index is 673. The van der Waals surface area contributed by atoms with Crippen LogP contribution in [0.3, 0.4) is 0 Å². The molecule has 24 heavy (non-hydrogen) atoms. The number of carbonyl (C=O) groups is 1. The van der Waals surface area contributed by atoms with E-state index in [0.29, 0.717) is 13.2 Å². The molecule has 2 aromatic carbocycles. The molecule has 2 N–H and O–H groups in total. The van der Waals surface area contributed by atoms with Gasteiger partial charge in [0, 0.05) is 5.69 Å². The zero-order chi connectivity index (χ0) is 17.6. The van der Waals surface area contributed by atoms with Crippen molar-refractivity contribution in [2.45, 2.75) is 33.1 Å². The fraction of sp³-hybridized carbons (Fsp3) is 0.350. The van der Waals surface area contributed by atoms with Gasteiger partial charge in [0.15, 0.2) is 0 Å². The number of para-hydroxylation sites is 1. The molecule has 4 heteroatoms. The average molecular weight is 326 g/mol. The lowest BCUT2D eigenvalue weighted by molar-refractivity contribution is 0.247. The fourth-order valence-corrected chi connectivity index (χ4v) is 2.27. The summed E-state index contributed by atoms with van der Waals surface area (Å²) in [6.45, 7) is 9.36. The minimum absolute atomic E-state index is 0.105. The maximum absolute atomic E-state index is 11.9. The van der Waals surface area contributed by atoms with Crippen molar-refractivity contribution in [3.63, 3.8) is 0 Å². The van der Waals surface area contributed by atoms with Crippen molar-refractivity contribution >= 4 is 11.7 Å². The fourth-order valence-electron chi connectivity index (χ4n) is 2.27. The molecule has 0 saturated carbocycles. The van der Waals surface area contributed by atoms with Gasteiger partial charge >= 0.3 is 6.03 Å². The van der Waals surface area contributed by atoms with Crippen molar-refractivity contribution in [2.75, 3.05) is 18.5 Å². The van der Waals surface area contributed by atoms with E-state index in [-0.39, 0.29) is 11.4 Å². The Morgan fingerprint density at radius 2 is 1.71 bits per heavy atom. The predicted molar refractivity (Wildman–Crippen MR) is 98.8 cm³/mol. The second-order valence-corrected chi connectivity index (χ2v) is 6.82. The third kappa shape index (κ3) is 5.30. The van der Waals surface area contributed by atoms with Crippen LogP contribution in [0.15, 0.2) is 48.5 Å². The van der Waals surface area contributed by atoms with Gasteiger partial charge in [0.05, 0.1) is 6.54 Å². The number of anilines is 1. The van der Waals surface area contributed by atoms with Crippen molar-refractivity contribution in [1.82, 2.24) is 5.32 Å². The number of nitrogens with one attached hydrogen (secondary N) is 2. The molecule has 0 saturated heterocycles. The van der Waals surface area contributed by atoms with E-state index in [9.17, 15) is 4.79 Å². The van der Waals surface area contributed by atoms with Gasteiger partial charge in [-0.25, -0.2) is 4.79 Å². The summed E-state index contributed by atoms with van der Waals surface area (Å²) >= 11 is 0. The quantitative estimate of drug-likeness (QED) is 0.795. The maximum atomic E-state index is 11.9. The Morgan fingerprint density at radius 1 is 1.04 bits per heavy atom. The number of rotatable bonds is 5. The lowest BCUT2D eigenvalue weighted by Gasteiger charge is -2.19. The van der Waals surface area contributed by atoms with Crippen LogP contribution in [0.4, 0.5) is 10.5 Å². The van der Waals surface area contributed by atoms with Gasteiger partial charge in [-0.2, -0.15) is 0 Å². The molecule has 4 nitrogen and oxygen atoms in total. The third-order valence-corrected chi connectivity index (χ3v) is 3.75. The SMILES string of the molecule is Cc1ccccc1OCCNC(=O)Nc1ccc(C(C)(C)C)cc1. The molecule has 2 rings (SSSR count). The van der Waals surface area contributed by atoms with Gasteiger partial charge in [-0.05, 0) is 41.7 Å². The monoisotopic (exact) mass is 326 g/mol. The normalized spacial score (nSPS) is 11.0. The van der Waals surface area contributed by atoms with E-state index in [2.05, 4.69) is 31.4 Å². The molecule has 0 spiro atoms. The van der Waals surface area contributed by atoms with Gasteiger partial charge in [0.25, 0.3) is 0 Å². The summed E-state index contributed by atoms with van der Waals surface area (Å²) in [5.41, 5.74) is 3.20. The van der Waals surface area contributed by atoms with Crippen molar-refractivity contribution in [3.05, 3.63) is 59.7 Å². The van der Waals surface area contributed by atoms with Gasteiger partial charge in [0.2, 0.25) is 0 Å². The zero-order valence-electron chi connectivity index (χ0n) is 14.8. The number of benzene rings is 2. The molecule has 0 bridgehead atoms. The standard InChI is InChI=1S/C20H26N2O2/c1-15-7-5-6-8-18(15)24-14-13-21-19(23)22-17-11-9-16(10-12-17)20(2,3)4/h5-12H,13-14H2,1-4H3,(H2,21,22,23). The second kappa shape index (κ2) is 7.86. The average Bonchev–Trinajstić information content (AvgIpc) is 2.53. The van der Waals surface area contributed by atoms with E-state index in [0.717, 1.165) is 17.0 Å². The predicted octanol–water partition coefficient (Wildman–Crippen LogP) is 4.49. The lowest BCUT2D eigenvalue weighted by Crippen LogP contribution is -2.32. The first kappa shape index (κ1) is 17.9. The Labute approximate surface area is 144 Å². The van der Waals surface area contributed by atoms with E-state index in [1.165, 1.54) is 5.56 Å². The molecule has 0 aliphatic carbocycles. The smallest absolute Gasteiger partial charge is 0.319 e. The number of aryl methyl sites for hydroxylation is 1. The highest BCUT2D eigenvalue weighted by Gasteiger charge is 2.13. The van der Waals surface area contributed by atoms with E-state index < -0.39 is 0 Å². The van der Waals surface area contributed by atoms with Crippen molar-refractivity contribution in [2.24, 2.45) is 0 Å².